The van der Waals surface area contributed by atoms with Crippen molar-refractivity contribution in [3.05, 3.63) is 0 Å². The topological polar surface area (TPSA) is 149 Å². The van der Waals surface area contributed by atoms with Crippen LogP contribution in [0.3, 0.4) is 0 Å². The van der Waals surface area contributed by atoms with E-state index in [0.717, 1.165) is 27.7 Å². The van der Waals surface area contributed by atoms with Crippen LogP contribution in [0.15, 0.2) is 0 Å². The first-order valence-electron chi connectivity index (χ1n) is 3.71. The third-order valence-corrected chi connectivity index (χ3v) is 0. The molecule has 8 nitrogen and oxygen atoms in total. The number of carboxylic acid groups (broad SMARTS) is 4. The van der Waals surface area contributed by atoms with Crippen molar-refractivity contribution in [3.63, 3.8) is 0 Å². The number of rotatable bonds is 0. The molecule has 0 aromatic carbocycles. The van der Waals surface area contributed by atoms with Crippen LogP contribution in [0, 0.1) is 0 Å². The van der Waals surface area contributed by atoms with Gasteiger partial charge in [0.1, 0.15) is 0 Å². The minimum Gasteiger partial charge on any atom is -0.481 e. The van der Waals surface area contributed by atoms with Crippen molar-refractivity contribution in [2.75, 3.05) is 0 Å². The molecule has 0 spiro atoms. The molecule has 4 N–H and O–H groups in total. The maximum atomic E-state index is 9.00. The maximum Gasteiger partial charge on any atom is 0.300 e. The Hall–Kier alpha value is -0.276. The second-order valence-corrected chi connectivity index (χ2v) is 2.08. The predicted octanol–water partition coefficient (Wildman–Crippen LogP) is 0.359. The van der Waals surface area contributed by atoms with Crippen molar-refractivity contribution in [1.29, 1.82) is 0 Å². The number of carbonyl (C=O) groups is 4. The summed E-state index contributed by atoms with van der Waals surface area (Å²) in [4.78, 5) is 36.0. The van der Waals surface area contributed by atoms with Crippen LogP contribution in [-0.2, 0) is 73.8 Å². The Bertz CT molecular complexity index is 165. The summed E-state index contributed by atoms with van der Waals surface area (Å²) in [6, 6.07) is 0. The summed E-state index contributed by atoms with van der Waals surface area (Å²) < 4.78 is 0. The van der Waals surface area contributed by atoms with E-state index in [0.29, 0.717) is 0 Å². The molecule has 0 saturated carbocycles. The molecule has 0 saturated heterocycles. The molecule has 0 unspecified atom stereocenters. The SMILES string of the molecule is CC(=O)O.CC(=O)O.CC(=O)O.CC(=O)O.[Cd].[Cd]. The molecular weight excluding hydrogens is 449 g/mol. The summed E-state index contributed by atoms with van der Waals surface area (Å²) >= 11 is 0. The second-order valence-electron chi connectivity index (χ2n) is 2.08. The zero-order valence-electron chi connectivity index (χ0n) is 10.8. The molecule has 0 radical (unpaired) electrons. The van der Waals surface area contributed by atoms with Gasteiger partial charge < -0.3 is 20.4 Å². The number of carboxylic acids is 4. The van der Waals surface area contributed by atoms with Crippen molar-refractivity contribution < 1.29 is 94.2 Å². The van der Waals surface area contributed by atoms with Gasteiger partial charge in [-0.05, 0) is 0 Å². The summed E-state index contributed by atoms with van der Waals surface area (Å²) in [7, 11) is 0. The molecule has 100 valence electrons. The summed E-state index contributed by atoms with van der Waals surface area (Å²) in [5.74, 6) is -3.33. The van der Waals surface area contributed by atoms with Crippen LogP contribution in [-0.4, -0.2) is 44.3 Å². The van der Waals surface area contributed by atoms with E-state index in [9.17, 15) is 0 Å². The van der Waals surface area contributed by atoms with Crippen LogP contribution in [0.2, 0.25) is 0 Å². The molecule has 0 bridgehead atoms. The van der Waals surface area contributed by atoms with Crippen molar-refractivity contribution in [1.82, 2.24) is 0 Å². The van der Waals surface area contributed by atoms with Gasteiger partial charge in [-0.1, -0.05) is 0 Å². The molecule has 0 rings (SSSR count). The monoisotopic (exact) mass is 468 g/mol. The average Bonchev–Trinajstić information content (AvgIpc) is 1.76. The first-order valence-corrected chi connectivity index (χ1v) is 3.71. The summed E-state index contributed by atoms with van der Waals surface area (Å²) in [5.41, 5.74) is 0. The molecule has 10 heteroatoms. The van der Waals surface area contributed by atoms with Crippen molar-refractivity contribution in [2.24, 2.45) is 0 Å². The fraction of sp³-hybridized carbons (Fsp3) is 0.500. The minimum absolute atomic E-state index is 0. The van der Waals surface area contributed by atoms with E-state index in [4.69, 9.17) is 39.6 Å². The van der Waals surface area contributed by atoms with Gasteiger partial charge in [0.05, 0.1) is 0 Å². The summed E-state index contributed by atoms with van der Waals surface area (Å²) in [5, 5.41) is 29.7. The Morgan fingerprint density at radius 3 is 0.500 bits per heavy atom. The van der Waals surface area contributed by atoms with Crippen LogP contribution in [0.25, 0.3) is 0 Å². The van der Waals surface area contributed by atoms with Gasteiger partial charge in [0.25, 0.3) is 23.9 Å². The fourth-order valence-electron chi connectivity index (χ4n) is 0. The van der Waals surface area contributed by atoms with E-state index in [2.05, 4.69) is 0 Å². The second kappa shape index (κ2) is 30.1. The van der Waals surface area contributed by atoms with Gasteiger partial charge in [0, 0.05) is 82.3 Å². The third-order valence-electron chi connectivity index (χ3n) is 0. The Balaban J connectivity index is -0.0000000257. The zero-order valence-corrected chi connectivity index (χ0v) is 18.9. The van der Waals surface area contributed by atoms with Gasteiger partial charge in [-0.3, -0.25) is 19.2 Å². The van der Waals surface area contributed by atoms with E-state index in [1.807, 2.05) is 0 Å². The Morgan fingerprint density at radius 2 is 0.500 bits per heavy atom. The number of hydrogen-bond acceptors (Lipinski definition) is 4. The first kappa shape index (κ1) is 36.1. The Morgan fingerprint density at radius 1 is 0.500 bits per heavy atom. The quantitative estimate of drug-likeness (QED) is 0.375. The Labute approximate surface area is 145 Å². The molecule has 0 aliphatic carbocycles. The van der Waals surface area contributed by atoms with Crippen LogP contribution in [0.5, 0.6) is 0 Å². The zero-order chi connectivity index (χ0) is 14.3. The van der Waals surface area contributed by atoms with E-state index in [-0.39, 0.29) is 54.6 Å². The van der Waals surface area contributed by atoms with Crippen molar-refractivity contribution in [3.8, 4) is 0 Å². The van der Waals surface area contributed by atoms with E-state index in [1.165, 1.54) is 0 Å². The fourth-order valence-corrected chi connectivity index (χ4v) is 0. The van der Waals surface area contributed by atoms with Gasteiger partial charge in [-0.25, -0.2) is 0 Å². The molecule has 0 amide bonds. The molecule has 18 heavy (non-hydrogen) atoms. The predicted molar refractivity (Wildman–Crippen MR) is 53.2 cm³/mol. The van der Waals surface area contributed by atoms with Gasteiger partial charge in [-0.2, -0.15) is 0 Å². The van der Waals surface area contributed by atoms with Gasteiger partial charge in [0.2, 0.25) is 0 Å². The molecule has 0 fully saturated rings. The Kier molecular flexibility index (Phi) is 60.3. The molecule has 0 atom stereocenters. The van der Waals surface area contributed by atoms with Crippen molar-refractivity contribution in [2.45, 2.75) is 27.7 Å². The largest absolute Gasteiger partial charge is 0.481 e. The van der Waals surface area contributed by atoms with Gasteiger partial charge in [0.15, 0.2) is 0 Å². The molecule has 0 aromatic heterocycles. The van der Waals surface area contributed by atoms with Crippen LogP contribution in [0.4, 0.5) is 0 Å². The van der Waals surface area contributed by atoms with Crippen LogP contribution >= 0.6 is 0 Å². The molecule has 0 aromatic rings. The first-order chi connectivity index (χ1) is 6.93. The van der Waals surface area contributed by atoms with Crippen molar-refractivity contribution >= 4 is 23.9 Å². The van der Waals surface area contributed by atoms with Crippen LogP contribution in [0.1, 0.15) is 27.7 Å². The molecule has 0 aliphatic heterocycles. The smallest absolute Gasteiger partial charge is 0.300 e. The standard InChI is InChI=1S/4C2H4O2.2Cd/c4*1-2(3)4;;/h4*1H3,(H,3,4);;. The molecular formula is C8H16Cd2O8. The van der Waals surface area contributed by atoms with E-state index < -0.39 is 23.9 Å². The number of aliphatic carboxylic acids is 4. The minimum atomic E-state index is -0.833. The maximum absolute atomic E-state index is 9.00. The van der Waals surface area contributed by atoms with Crippen LogP contribution < -0.4 is 0 Å². The van der Waals surface area contributed by atoms with Gasteiger partial charge >= 0.3 is 0 Å². The van der Waals surface area contributed by atoms with E-state index >= 15 is 0 Å². The summed E-state index contributed by atoms with van der Waals surface area (Å²) in [6.45, 7) is 4.33. The third kappa shape index (κ3) is 44800. The van der Waals surface area contributed by atoms with Gasteiger partial charge in [-0.15, -0.1) is 0 Å². The summed E-state index contributed by atoms with van der Waals surface area (Å²) in [6.07, 6.45) is 0. The average molecular weight is 465 g/mol. The molecule has 0 heterocycles. The molecule has 0 aliphatic rings. The number of hydrogen-bond donors (Lipinski definition) is 4. The normalized spacial score (nSPS) is 5.56. The van der Waals surface area contributed by atoms with E-state index in [1.54, 1.807) is 0 Å².